The van der Waals surface area contributed by atoms with Crippen LogP contribution in [0.1, 0.15) is 46.0 Å². The van der Waals surface area contributed by atoms with E-state index in [1.807, 2.05) is 6.92 Å². The summed E-state index contributed by atoms with van der Waals surface area (Å²) in [5.41, 5.74) is 0. The molecule has 0 aliphatic rings. The summed E-state index contributed by atoms with van der Waals surface area (Å²) in [6.45, 7) is 4.03. The molecule has 0 aromatic rings. The van der Waals surface area contributed by atoms with Gasteiger partial charge in [-0.2, -0.15) is 0 Å². The fourth-order valence-electron chi connectivity index (χ4n) is 1.04. The van der Waals surface area contributed by atoms with E-state index in [-0.39, 0.29) is 38.1 Å². The Morgan fingerprint density at radius 3 is 2.08 bits per heavy atom. The summed E-state index contributed by atoms with van der Waals surface area (Å²) in [6.07, 6.45) is 3.65. The van der Waals surface area contributed by atoms with Crippen LogP contribution in [0, 0.1) is 0 Å². The molecule has 2 nitrogen and oxygen atoms in total. The van der Waals surface area contributed by atoms with Crippen LogP contribution in [-0.4, -0.2) is 22.4 Å². The molecule has 2 N–H and O–H groups in total. The molecule has 0 aliphatic heterocycles. The van der Waals surface area contributed by atoms with Crippen LogP contribution in [0.25, 0.3) is 0 Å². The molecule has 0 heterocycles. The van der Waals surface area contributed by atoms with E-state index in [2.05, 4.69) is 6.92 Å². The minimum Gasteiger partial charge on any atom is -0.393 e. The first kappa shape index (κ1) is 15.3. The van der Waals surface area contributed by atoms with Gasteiger partial charge >= 0.3 is 0 Å². The molecule has 0 saturated heterocycles. The van der Waals surface area contributed by atoms with Gasteiger partial charge in [0.2, 0.25) is 0 Å². The second kappa shape index (κ2) is 9.87. The number of hydrogen-bond donors (Lipinski definition) is 2. The predicted molar refractivity (Wildman–Crippen MR) is 46.4 cm³/mol. The fraction of sp³-hybridized carbons (Fsp3) is 1.00. The van der Waals surface area contributed by atoms with Gasteiger partial charge in [0.25, 0.3) is 0 Å². The van der Waals surface area contributed by atoms with Crippen LogP contribution in [-0.2, 0) is 25.8 Å². The van der Waals surface area contributed by atoms with Gasteiger partial charge in [-0.3, -0.25) is 0 Å². The summed E-state index contributed by atoms with van der Waals surface area (Å²) in [4.78, 5) is 0. The Balaban J connectivity index is 0. The Labute approximate surface area is 94.2 Å². The second-order valence-corrected chi connectivity index (χ2v) is 3.09. The van der Waals surface area contributed by atoms with E-state index in [0.29, 0.717) is 6.42 Å². The Bertz CT molecular complexity index is 88.6. The van der Waals surface area contributed by atoms with Gasteiger partial charge in [-0.1, -0.05) is 26.7 Å². The number of unbranched alkanes of at least 4 members (excludes halogenated alkanes) is 1. The third-order valence-electron chi connectivity index (χ3n) is 1.91. The van der Waals surface area contributed by atoms with E-state index in [4.69, 9.17) is 5.11 Å². The van der Waals surface area contributed by atoms with Crippen LogP contribution in [0.3, 0.4) is 0 Å². The van der Waals surface area contributed by atoms with Gasteiger partial charge in [0, 0.05) is 25.8 Å². The molecule has 3 heteroatoms. The summed E-state index contributed by atoms with van der Waals surface area (Å²) in [7, 11) is 0. The molecule has 2 atom stereocenters. The zero-order chi connectivity index (χ0) is 8.69. The quantitative estimate of drug-likeness (QED) is 0.692. The molecular formula is C9H20O2Sc. The first-order valence-corrected chi connectivity index (χ1v) is 4.56. The van der Waals surface area contributed by atoms with Crippen molar-refractivity contribution in [3.8, 4) is 0 Å². The predicted octanol–water partition coefficient (Wildman–Crippen LogP) is 1.70. The second-order valence-electron chi connectivity index (χ2n) is 3.09. The molecule has 1 radical (unpaired) electrons. The van der Waals surface area contributed by atoms with Gasteiger partial charge in [-0.15, -0.1) is 0 Å². The van der Waals surface area contributed by atoms with E-state index < -0.39 is 0 Å². The summed E-state index contributed by atoms with van der Waals surface area (Å²) < 4.78 is 0. The normalized spacial score (nSPS) is 15.0. The van der Waals surface area contributed by atoms with Crippen molar-refractivity contribution in [2.75, 3.05) is 0 Å². The maximum atomic E-state index is 9.32. The van der Waals surface area contributed by atoms with Gasteiger partial charge in [0.1, 0.15) is 0 Å². The minimum absolute atomic E-state index is 0. The molecule has 0 fully saturated rings. The number of aliphatic hydroxyl groups is 2. The van der Waals surface area contributed by atoms with Crippen molar-refractivity contribution in [3.63, 3.8) is 0 Å². The molecule has 0 aromatic heterocycles. The van der Waals surface area contributed by atoms with Gasteiger partial charge in [0.05, 0.1) is 12.2 Å². The van der Waals surface area contributed by atoms with Gasteiger partial charge in [0.15, 0.2) is 0 Å². The van der Waals surface area contributed by atoms with Crippen molar-refractivity contribution in [1.29, 1.82) is 0 Å². The summed E-state index contributed by atoms with van der Waals surface area (Å²) in [6, 6.07) is 0. The van der Waals surface area contributed by atoms with Crippen molar-refractivity contribution in [3.05, 3.63) is 0 Å². The molecule has 0 rings (SSSR count). The Morgan fingerprint density at radius 2 is 1.67 bits per heavy atom. The molecule has 0 aromatic carbocycles. The van der Waals surface area contributed by atoms with E-state index in [1.165, 1.54) is 0 Å². The molecule has 0 bridgehead atoms. The van der Waals surface area contributed by atoms with Crippen LogP contribution in [0.5, 0.6) is 0 Å². The monoisotopic (exact) mass is 205 g/mol. The Hall–Kier alpha value is 0.790. The number of aliphatic hydroxyl groups excluding tert-OH is 2. The van der Waals surface area contributed by atoms with Gasteiger partial charge in [-0.25, -0.2) is 0 Å². The molecule has 0 aliphatic carbocycles. The third kappa shape index (κ3) is 8.88. The fourth-order valence-corrected chi connectivity index (χ4v) is 1.04. The van der Waals surface area contributed by atoms with Crippen LogP contribution in [0.4, 0.5) is 0 Å². The van der Waals surface area contributed by atoms with Crippen molar-refractivity contribution >= 4 is 0 Å². The zero-order valence-corrected chi connectivity index (χ0v) is 9.97. The first-order chi connectivity index (χ1) is 5.20. The standard InChI is InChI=1S/C9H20O2.Sc/c1-3-5-6-9(11)7-8(10)4-2;/h8-11H,3-7H2,1-2H3;. The van der Waals surface area contributed by atoms with Crippen LogP contribution in [0.15, 0.2) is 0 Å². The smallest absolute Gasteiger partial charge is 0.0564 e. The topological polar surface area (TPSA) is 40.5 Å². The third-order valence-corrected chi connectivity index (χ3v) is 1.91. The van der Waals surface area contributed by atoms with E-state index in [1.54, 1.807) is 0 Å². The van der Waals surface area contributed by atoms with E-state index >= 15 is 0 Å². The van der Waals surface area contributed by atoms with Gasteiger partial charge in [-0.05, 0) is 19.3 Å². The van der Waals surface area contributed by atoms with Crippen molar-refractivity contribution in [2.45, 2.75) is 58.2 Å². The van der Waals surface area contributed by atoms with Crippen molar-refractivity contribution in [1.82, 2.24) is 0 Å². The Kier molecular flexibility index (Phi) is 12.6. The molecule has 0 amide bonds. The van der Waals surface area contributed by atoms with Crippen LogP contribution in [0.2, 0.25) is 0 Å². The summed E-state index contributed by atoms with van der Waals surface area (Å²) in [5.74, 6) is 0. The molecule has 71 valence electrons. The molecule has 2 unspecified atom stereocenters. The Morgan fingerprint density at radius 1 is 1.08 bits per heavy atom. The first-order valence-electron chi connectivity index (χ1n) is 4.56. The maximum Gasteiger partial charge on any atom is 0.0564 e. The largest absolute Gasteiger partial charge is 0.393 e. The molecule has 0 spiro atoms. The summed E-state index contributed by atoms with van der Waals surface area (Å²) in [5, 5.41) is 18.5. The van der Waals surface area contributed by atoms with Crippen molar-refractivity contribution < 1.29 is 36.1 Å². The molecular weight excluding hydrogens is 185 g/mol. The molecule has 0 saturated carbocycles. The van der Waals surface area contributed by atoms with Gasteiger partial charge < -0.3 is 10.2 Å². The zero-order valence-electron chi connectivity index (χ0n) is 8.16. The van der Waals surface area contributed by atoms with Crippen molar-refractivity contribution in [2.24, 2.45) is 0 Å². The molecule has 12 heavy (non-hydrogen) atoms. The number of rotatable bonds is 6. The van der Waals surface area contributed by atoms with E-state index in [9.17, 15) is 5.11 Å². The van der Waals surface area contributed by atoms with Crippen LogP contribution >= 0.6 is 0 Å². The minimum atomic E-state index is -0.318. The average Bonchev–Trinajstić information content (AvgIpc) is 2.00. The summed E-state index contributed by atoms with van der Waals surface area (Å²) >= 11 is 0. The maximum absolute atomic E-state index is 9.32. The SMILES string of the molecule is CCCCC(O)CC(O)CC.[Sc]. The average molecular weight is 205 g/mol. The number of hydrogen-bond acceptors (Lipinski definition) is 2. The van der Waals surface area contributed by atoms with E-state index in [0.717, 1.165) is 25.7 Å². The van der Waals surface area contributed by atoms with Crippen LogP contribution < -0.4 is 0 Å².